The summed E-state index contributed by atoms with van der Waals surface area (Å²) >= 11 is 1.29. The van der Waals surface area contributed by atoms with Gasteiger partial charge in [-0.2, -0.15) is 0 Å². The molecule has 0 aliphatic heterocycles. The molecule has 7 heteroatoms. The lowest BCUT2D eigenvalue weighted by molar-refractivity contribution is -0.128. The summed E-state index contributed by atoms with van der Waals surface area (Å²) < 4.78 is 10.9. The second kappa shape index (κ2) is 9.80. The molecule has 0 bridgehead atoms. The Hall–Kier alpha value is -1.76. The first kappa shape index (κ1) is 20.6. The number of carbonyl (C=O) groups excluding carboxylic acids is 1. The fraction of sp³-hybridized carbons (Fsp3) is 0.632. The number of hydrogen-bond acceptors (Lipinski definition) is 6. The van der Waals surface area contributed by atoms with Crippen LogP contribution < -0.4 is 0 Å². The van der Waals surface area contributed by atoms with Gasteiger partial charge in [-0.25, -0.2) is 0 Å². The van der Waals surface area contributed by atoms with Crippen LogP contribution in [-0.2, 0) is 4.79 Å². The minimum atomic E-state index is 0.121. The van der Waals surface area contributed by atoms with Crippen LogP contribution in [0.25, 0.3) is 11.5 Å². The van der Waals surface area contributed by atoms with Crippen molar-refractivity contribution in [2.24, 2.45) is 11.8 Å². The lowest BCUT2D eigenvalue weighted by Gasteiger charge is -2.24. The molecule has 0 fully saturated rings. The smallest absolute Gasteiger partial charge is 0.277 e. The highest BCUT2D eigenvalue weighted by Gasteiger charge is 2.18. The van der Waals surface area contributed by atoms with Crippen LogP contribution in [0.5, 0.6) is 0 Å². The number of hydrogen-bond donors (Lipinski definition) is 0. The lowest BCUT2D eigenvalue weighted by atomic mass is 10.1. The van der Waals surface area contributed by atoms with Crippen LogP contribution in [0.2, 0.25) is 0 Å². The van der Waals surface area contributed by atoms with Gasteiger partial charge in [-0.3, -0.25) is 4.79 Å². The number of amides is 1. The number of nitrogens with zero attached hydrogens (tertiary/aromatic N) is 3. The van der Waals surface area contributed by atoms with E-state index < -0.39 is 0 Å². The summed E-state index contributed by atoms with van der Waals surface area (Å²) in [7, 11) is 0. The summed E-state index contributed by atoms with van der Waals surface area (Å²) in [6, 6.07) is 1.79. The van der Waals surface area contributed by atoms with E-state index in [1.54, 1.807) is 12.3 Å². The molecule has 0 radical (unpaired) electrons. The highest BCUT2D eigenvalue weighted by atomic mass is 32.2. The maximum absolute atomic E-state index is 12.6. The number of carbonyl (C=O) groups is 1. The van der Waals surface area contributed by atoms with Crippen LogP contribution in [0.3, 0.4) is 0 Å². The minimum Gasteiger partial charge on any atom is -0.469 e. The largest absolute Gasteiger partial charge is 0.469 e. The summed E-state index contributed by atoms with van der Waals surface area (Å²) in [5, 5.41) is 8.47. The van der Waals surface area contributed by atoms with Crippen molar-refractivity contribution in [2.45, 2.75) is 52.7 Å². The lowest BCUT2D eigenvalue weighted by Crippen LogP contribution is -2.35. The van der Waals surface area contributed by atoms with E-state index in [0.717, 1.165) is 37.3 Å². The fourth-order valence-electron chi connectivity index (χ4n) is 2.39. The van der Waals surface area contributed by atoms with E-state index in [4.69, 9.17) is 8.83 Å². The minimum absolute atomic E-state index is 0.121. The van der Waals surface area contributed by atoms with Crippen LogP contribution >= 0.6 is 11.8 Å². The van der Waals surface area contributed by atoms with Crippen molar-refractivity contribution in [1.82, 2.24) is 15.1 Å². The monoisotopic (exact) mass is 379 g/mol. The number of rotatable bonds is 10. The Bertz CT molecular complexity index is 682. The zero-order chi connectivity index (χ0) is 19.1. The predicted molar refractivity (Wildman–Crippen MR) is 103 cm³/mol. The van der Waals surface area contributed by atoms with Gasteiger partial charge < -0.3 is 13.7 Å². The van der Waals surface area contributed by atoms with Crippen LogP contribution in [0.15, 0.2) is 26.4 Å². The molecule has 26 heavy (non-hydrogen) atoms. The van der Waals surface area contributed by atoms with Gasteiger partial charge >= 0.3 is 0 Å². The maximum atomic E-state index is 12.6. The van der Waals surface area contributed by atoms with Crippen LogP contribution in [-0.4, -0.2) is 39.8 Å². The maximum Gasteiger partial charge on any atom is 0.277 e. The van der Waals surface area contributed by atoms with Gasteiger partial charge in [-0.05, 0) is 37.7 Å². The Morgan fingerprint density at radius 2 is 1.81 bits per heavy atom. The van der Waals surface area contributed by atoms with Gasteiger partial charge in [0.15, 0.2) is 0 Å². The quantitative estimate of drug-likeness (QED) is 0.560. The van der Waals surface area contributed by atoms with E-state index in [0.29, 0.717) is 28.7 Å². The first-order chi connectivity index (χ1) is 12.4. The predicted octanol–water partition coefficient (Wildman–Crippen LogP) is 4.65. The molecule has 1 amide bonds. The SMILES string of the molecule is Cc1occc1-c1nnc(SCC(=O)N(CCC(C)C)CCC(C)C)o1. The van der Waals surface area contributed by atoms with E-state index in [1.807, 2.05) is 11.8 Å². The number of aryl methyl sites for hydroxylation is 1. The average molecular weight is 380 g/mol. The third-order valence-electron chi connectivity index (χ3n) is 4.12. The molecular formula is C19H29N3O3S. The molecule has 0 unspecified atom stereocenters. The van der Waals surface area contributed by atoms with Gasteiger partial charge in [0.2, 0.25) is 5.91 Å². The Balaban J connectivity index is 1.91. The number of furan rings is 1. The molecular weight excluding hydrogens is 350 g/mol. The van der Waals surface area contributed by atoms with Crippen molar-refractivity contribution in [1.29, 1.82) is 0 Å². The topological polar surface area (TPSA) is 72.4 Å². The molecule has 0 saturated heterocycles. The summed E-state index contributed by atoms with van der Waals surface area (Å²) in [6.45, 7) is 12.2. The Morgan fingerprint density at radius 3 is 2.35 bits per heavy atom. The molecule has 0 spiro atoms. The fourth-order valence-corrected chi connectivity index (χ4v) is 3.05. The second-order valence-corrected chi connectivity index (χ2v) is 8.22. The van der Waals surface area contributed by atoms with Gasteiger partial charge in [0.05, 0.1) is 17.6 Å². The van der Waals surface area contributed by atoms with Crippen molar-refractivity contribution in [3.8, 4) is 11.5 Å². The van der Waals surface area contributed by atoms with Crippen molar-refractivity contribution < 1.29 is 13.6 Å². The number of thioether (sulfide) groups is 1. The third-order valence-corrected chi connectivity index (χ3v) is 4.92. The van der Waals surface area contributed by atoms with Crippen LogP contribution in [0.1, 0.15) is 46.3 Å². The van der Waals surface area contributed by atoms with E-state index in [2.05, 4.69) is 37.9 Å². The van der Waals surface area contributed by atoms with E-state index in [1.165, 1.54) is 11.8 Å². The Kier molecular flexibility index (Phi) is 7.75. The third kappa shape index (κ3) is 6.20. The Labute approximate surface area is 159 Å². The molecule has 6 nitrogen and oxygen atoms in total. The van der Waals surface area contributed by atoms with E-state index in [9.17, 15) is 4.79 Å². The molecule has 2 aromatic heterocycles. The van der Waals surface area contributed by atoms with Crippen LogP contribution in [0, 0.1) is 18.8 Å². The molecule has 2 aromatic rings. The molecule has 0 aliphatic rings. The van der Waals surface area contributed by atoms with Crippen molar-refractivity contribution >= 4 is 17.7 Å². The van der Waals surface area contributed by atoms with E-state index in [-0.39, 0.29) is 5.91 Å². The number of aromatic nitrogens is 2. The van der Waals surface area contributed by atoms with Crippen LogP contribution in [0.4, 0.5) is 0 Å². The highest BCUT2D eigenvalue weighted by molar-refractivity contribution is 7.99. The van der Waals surface area contributed by atoms with Crippen molar-refractivity contribution in [3.05, 3.63) is 18.1 Å². The molecule has 0 aliphatic carbocycles. The molecule has 0 aromatic carbocycles. The highest BCUT2D eigenvalue weighted by Crippen LogP contribution is 2.26. The second-order valence-electron chi connectivity index (χ2n) is 7.30. The van der Waals surface area contributed by atoms with Gasteiger partial charge in [-0.15, -0.1) is 10.2 Å². The first-order valence-corrected chi connectivity index (χ1v) is 10.1. The summed E-state index contributed by atoms with van der Waals surface area (Å²) in [5.41, 5.74) is 0.783. The molecule has 0 atom stereocenters. The molecule has 0 saturated carbocycles. The standard InChI is InChI=1S/C19H29N3O3S/c1-13(2)6-9-22(10-7-14(3)4)17(23)12-26-19-21-20-18(25-19)16-8-11-24-15(16)5/h8,11,13-14H,6-7,9-10,12H2,1-5H3. The molecule has 144 valence electrons. The average Bonchev–Trinajstić information content (AvgIpc) is 3.20. The van der Waals surface area contributed by atoms with Gasteiger partial charge in [0.25, 0.3) is 11.1 Å². The normalized spacial score (nSPS) is 11.5. The summed E-state index contributed by atoms with van der Waals surface area (Å²) in [5.74, 6) is 2.73. The van der Waals surface area contributed by atoms with Crippen molar-refractivity contribution in [3.63, 3.8) is 0 Å². The van der Waals surface area contributed by atoms with Gasteiger partial charge in [0, 0.05) is 13.1 Å². The Morgan fingerprint density at radius 1 is 1.15 bits per heavy atom. The molecule has 2 rings (SSSR count). The van der Waals surface area contributed by atoms with Gasteiger partial charge in [0.1, 0.15) is 5.76 Å². The zero-order valence-corrected chi connectivity index (χ0v) is 17.1. The molecule has 2 heterocycles. The summed E-state index contributed by atoms with van der Waals surface area (Å²) in [6.07, 6.45) is 3.62. The zero-order valence-electron chi connectivity index (χ0n) is 16.3. The van der Waals surface area contributed by atoms with E-state index >= 15 is 0 Å². The first-order valence-electron chi connectivity index (χ1n) is 9.15. The summed E-state index contributed by atoms with van der Waals surface area (Å²) in [4.78, 5) is 14.6. The molecule has 0 N–H and O–H groups in total. The van der Waals surface area contributed by atoms with Crippen molar-refractivity contribution in [2.75, 3.05) is 18.8 Å². The van der Waals surface area contributed by atoms with Gasteiger partial charge in [-0.1, -0.05) is 39.5 Å².